The van der Waals surface area contributed by atoms with Gasteiger partial charge in [-0.25, -0.2) is 4.79 Å². The van der Waals surface area contributed by atoms with Gasteiger partial charge in [-0.3, -0.25) is 4.79 Å². The van der Waals surface area contributed by atoms with Crippen molar-refractivity contribution in [3.8, 4) is 11.3 Å². The number of ether oxygens (including phenoxy) is 1. The molecule has 0 aliphatic rings. The van der Waals surface area contributed by atoms with E-state index in [1.807, 2.05) is 66.2 Å². The van der Waals surface area contributed by atoms with Crippen LogP contribution in [-0.2, 0) is 16.6 Å². The Morgan fingerprint density at radius 3 is 2.50 bits per heavy atom. The summed E-state index contributed by atoms with van der Waals surface area (Å²) in [6.07, 6.45) is 2.73. The largest absolute Gasteiger partial charge is 0.454 e. The quantitative estimate of drug-likeness (QED) is 0.211. The molecule has 0 aliphatic carbocycles. The SMILES string of the molecule is Cn1c(-c2ccccc2)c(C(=O)COC(=O)/C=C/c2ccc(Br)o2)c2ccccc21. The lowest BCUT2D eigenvalue weighted by molar-refractivity contribution is -0.136. The van der Waals surface area contributed by atoms with Crippen LogP contribution in [-0.4, -0.2) is 22.9 Å². The Kier molecular flexibility index (Phi) is 5.68. The second kappa shape index (κ2) is 8.55. The van der Waals surface area contributed by atoms with E-state index < -0.39 is 5.97 Å². The normalized spacial score (nSPS) is 11.3. The van der Waals surface area contributed by atoms with Crippen LogP contribution in [0, 0.1) is 0 Å². The van der Waals surface area contributed by atoms with E-state index in [0.717, 1.165) is 22.2 Å². The molecule has 0 N–H and O–H groups in total. The van der Waals surface area contributed by atoms with Crippen LogP contribution in [0.15, 0.2) is 81.9 Å². The minimum atomic E-state index is -0.614. The number of hydrogen-bond donors (Lipinski definition) is 0. The molecule has 0 spiro atoms. The maximum atomic E-state index is 13.1. The van der Waals surface area contributed by atoms with Crippen molar-refractivity contribution in [2.75, 3.05) is 6.61 Å². The van der Waals surface area contributed by atoms with Crippen molar-refractivity contribution in [3.05, 3.63) is 88.8 Å². The maximum Gasteiger partial charge on any atom is 0.331 e. The highest BCUT2D eigenvalue weighted by Crippen LogP contribution is 2.33. The third-order valence-electron chi connectivity index (χ3n) is 4.76. The lowest BCUT2D eigenvalue weighted by Gasteiger charge is -2.08. The van der Waals surface area contributed by atoms with Crippen LogP contribution < -0.4 is 0 Å². The topological polar surface area (TPSA) is 61.4 Å². The Morgan fingerprint density at radius 1 is 1.03 bits per heavy atom. The van der Waals surface area contributed by atoms with E-state index in [1.54, 1.807) is 12.1 Å². The average molecular weight is 464 g/mol. The van der Waals surface area contributed by atoms with E-state index in [4.69, 9.17) is 9.15 Å². The van der Waals surface area contributed by atoms with Crippen molar-refractivity contribution in [2.24, 2.45) is 7.05 Å². The summed E-state index contributed by atoms with van der Waals surface area (Å²) in [7, 11) is 1.93. The number of rotatable bonds is 6. The summed E-state index contributed by atoms with van der Waals surface area (Å²) < 4.78 is 13.1. The molecule has 0 aliphatic heterocycles. The minimum absolute atomic E-state index is 0.256. The first kappa shape index (κ1) is 19.9. The molecule has 4 aromatic rings. The second-order valence-corrected chi connectivity index (χ2v) is 7.45. The van der Waals surface area contributed by atoms with Crippen molar-refractivity contribution in [2.45, 2.75) is 0 Å². The zero-order valence-corrected chi connectivity index (χ0v) is 17.8. The number of benzene rings is 2. The number of aromatic nitrogens is 1. The zero-order chi connectivity index (χ0) is 21.1. The molecule has 0 fully saturated rings. The number of carbonyl (C=O) groups excluding carboxylic acids is 2. The fourth-order valence-corrected chi connectivity index (χ4v) is 3.75. The summed E-state index contributed by atoms with van der Waals surface area (Å²) in [6.45, 7) is -0.348. The molecule has 0 saturated heterocycles. The number of halogens is 1. The molecule has 0 bridgehead atoms. The average Bonchev–Trinajstić information content (AvgIpc) is 3.32. The molecule has 150 valence electrons. The van der Waals surface area contributed by atoms with E-state index in [9.17, 15) is 9.59 Å². The predicted molar refractivity (Wildman–Crippen MR) is 119 cm³/mol. The Balaban J connectivity index is 1.60. The summed E-state index contributed by atoms with van der Waals surface area (Å²) in [5.74, 6) is -0.365. The summed E-state index contributed by atoms with van der Waals surface area (Å²) in [5, 5.41) is 0.830. The highest BCUT2D eigenvalue weighted by Gasteiger charge is 2.22. The molecule has 2 aromatic carbocycles. The Morgan fingerprint density at radius 2 is 1.77 bits per heavy atom. The lowest BCUT2D eigenvalue weighted by atomic mass is 10.0. The van der Waals surface area contributed by atoms with Crippen LogP contribution in [0.25, 0.3) is 28.2 Å². The molecule has 6 heteroatoms. The number of Topliss-reactive ketones (excluding diaryl/α,β-unsaturated/α-hetero) is 1. The first-order chi connectivity index (χ1) is 14.5. The molecule has 4 rings (SSSR count). The van der Waals surface area contributed by atoms with Crippen molar-refractivity contribution >= 4 is 44.7 Å². The molecule has 0 amide bonds. The van der Waals surface area contributed by atoms with Gasteiger partial charge in [-0.2, -0.15) is 0 Å². The number of nitrogens with zero attached hydrogens (tertiary/aromatic N) is 1. The monoisotopic (exact) mass is 463 g/mol. The van der Waals surface area contributed by atoms with Gasteiger partial charge in [0.2, 0.25) is 5.78 Å². The Hall–Kier alpha value is -3.38. The number of aryl methyl sites for hydroxylation is 1. The van der Waals surface area contributed by atoms with Gasteiger partial charge in [0.15, 0.2) is 11.3 Å². The summed E-state index contributed by atoms with van der Waals surface area (Å²) >= 11 is 3.20. The molecule has 2 aromatic heterocycles. The number of carbonyl (C=O) groups is 2. The van der Waals surface area contributed by atoms with Crippen LogP contribution in [0.5, 0.6) is 0 Å². The number of para-hydroxylation sites is 1. The van der Waals surface area contributed by atoms with Crippen molar-refractivity contribution < 1.29 is 18.7 Å². The highest BCUT2D eigenvalue weighted by molar-refractivity contribution is 9.10. The van der Waals surface area contributed by atoms with Gasteiger partial charge in [-0.1, -0.05) is 48.5 Å². The number of esters is 1. The van der Waals surface area contributed by atoms with Crippen LogP contribution in [0.2, 0.25) is 0 Å². The fraction of sp³-hybridized carbons (Fsp3) is 0.0833. The molecule has 30 heavy (non-hydrogen) atoms. The minimum Gasteiger partial charge on any atom is -0.454 e. The van der Waals surface area contributed by atoms with Crippen molar-refractivity contribution in [3.63, 3.8) is 0 Å². The van der Waals surface area contributed by atoms with Gasteiger partial charge in [0, 0.05) is 24.0 Å². The van der Waals surface area contributed by atoms with E-state index in [1.165, 1.54) is 12.2 Å². The number of furan rings is 1. The number of ketones is 1. The molecular weight excluding hydrogens is 446 g/mol. The van der Waals surface area contributed by atoms with Crippen LogP contribution >= 0.6 is 15.9 Å². The molecule has 0 saturated carbocycles. The maximum absolute atomic E-state index is 13.1. The fourth-order valence-electron chi connectivity index (χ4n) is 3.43. The van der Waals surface area contributed by atoms with Crippen molar-refractivity contribution in [1.29, 1.82) is 0 Å². The van der Waals surface area contributed by atoms with Gasteiger partial charge < -0.3 is 13.7 Å². The van der Waals surface area contributed by atoms with Gasteiger partial charge in [0.25, 0.3) is 0 Å². The summed E-state index contributed by atoms with van der Waals surface area (Å²) in [4.78, 5) is 25.2. The van der Waals surface area contributed by atoms with E-state index >= 15 is 0 Å². The van der Waals surface area contributed by atoms with Crippen molar-refractivity contribution in [1.82, 2.24) is 4.57 Å². The van der Waals surface area contributed by atoms with Gasteiger partial charge in [0.1, 0.15) is 5.76 Å². The molecule has 0 radical (unpaired) electrons. The Bertz CT molecular complexity index is 1250. The Labute approximate surface area is 181 Å². The van der Waals surface area contributed by atoms with Gasteiger partial charge in [-0.05, 0) is 45.8 Å². The first-order valence-electron chi connectivity index (χ1n) is 9.31. The number of hydrogen-bond acceptors (Lipinski definition) is 4. The molecule has 5 nitrogen and oxygen atoms in total. The molecule has 0 unspecified atom stereocenters. The lowest BCUT2D eigenvalue weighted by Crippen LogP contribution is -2.13. The van der Waals surface area contributed by atoms with E-state index in [-0.39, 0.29) is 12.4 Å². The smallest absolute Gasteiger partial charge is 0.331 e. The standard InChI is InChI=1S/C24H18BrNO4/c1-26-19-10-6-5-9-18(19)23(24(26)16-7-3-2-4-8-16)20(27)15-29-22(28)14-12-17-11-13-21(25)30-17/h2-14H,15H2,1H3/b14-12+. The molecule has 0 atom stereocenters. The van der Waals surface area contributed by atoms with Crippen LogP contribution in [0.4, 0.5) is 0 Å². The number of fused-ring (bicyclic) bond motifs is 1. The van der Waals surface area contributed by atoms with Gasteiger partial charge in [0.05, 0.1) is 11.3 Å². The summed E-state index contributed by atoms with van der Waals surface area (Å²) in [6, 6.07) is 20.8. The van der Waals surface area contributed by atoms with E-state index in [0.29, 0.717) is 16.0 Å². The zero-order valence-electron chi connectivity index (χ0n) is 16.2. The van der Waals surface area contributed by atoms with Gasteiger partial charge in [-0.15, -0.1) is 0 Å². The molecular formula is C24H18BrNO4. The highest BCUT2D eigenvalue weighted by atomic mass is 79.9. The second-order valence-electron chi connectivity index (χ2n) is 6.67. The third-order valence-corrected chi connectivity index (χ3v) is 5.18. The third kappa shape index (κ3) is 4.00. The van der Waals surface area contributed by atoms with Crippen LogP contribution in [0.1, 0.15) is 16.1 Å². The van der Waals surface area contributed by atoms with E-state index in [2.05, 4.69) is 15.9 Å². The van der Waals surface area contributed by atoms with Gasteiger partial charge >= 0.3 is 5.97 Å². The first-order valence-corrected chi connectivity index (χ1v) is 10.1. The van der Waals surface area contributed by atoms with Crippen LogP contribution in [0.3, 0.4) is 0 Å². The predicted octanol–water partition coefficient (Wildman–Crippen LogP) is 5.64. The molecule has 2 heterocycles. The summed E-state index contributed by atoms with van der Waals surface area (Å²) in [5.41, 5.74) is 3.21.